The van der Waals surface area contributed by atoms with Crippen molar-refractivity contribution >= 4 is 50.7 Å². The van der Waals surface area contributed by atoms with Crippen LogP contribution >= 0.6 is 0 Å². The fourth-order valence-corrected chi connectivity index (χ4v) is 5.83. The minimum atomic E-state index is -4.35. The average Bonchev–Trinajstić information content (AvgIpc) is 3.34. The molecule has 0 fully saturated rings. The highest BCUT2D eigenvalue weighted by Gasteiger charge is 2.29. The number of anilines is 2. The first-order valence-corrected chi connectivity index (χ1v) is 13.2. The largest absolute Gasteiger partial charge is 0.481 e. The summed E-state index contributed by atoms with van der Waals surface area (Å²) in [5.74, 6) is -3.69. The molecule has 1 aliphatic heterocycles. The number of rotatable bonds is 7. The summed E-state index contributed by atoms with van der Waals surface area (Å²) in [4.78, 5) is 39.3. The van der Waals surface area contributed by atoms with Crippen molar-refractivity contribution in [2.45, 2.75) is 37.0 Å². The number of carbonyl (C=O) groups is 3. The topological polar surface area (TPSA) is 145 Å². The Morgan fingerprint density at radius 3 is 2.53 bits per heavy atom. The lowest BCUT2D eigenvalue weighted by Crippen LogP contribution is -2.13. The minimum absolute atomic E-state index is 0.0443. The van der Waals surface area contributed by atoms with Gasteiger partial charge in [0.05, 0.1) is 10.5 Å². The zero-order valence-electron chi connectivity index (χ0n) is 19.7. The Kier molecular flexibility index (Phi) is 6.35. The molecule has 0 saturated carbocycles. The second kappa shape index (κ2) is 9.53. The molecule has 3 aromatic rings. The van der Waals surface area contributed by atoms with Crippen LogP contribution in [-0.4, -0.2) is 36.2 Å². The number of aliphatic carboxylic acids is 1. The van der Waals surface area contributed by atoms with Crippen molar-refractivity contribution in [3.8, 4) is 0 Å². The first-order valence-electron chi connectivity index (χ1n) is 11.7. The number of hydrogen-bond donors (Lipinski definition) is 4. The number of amides is 1. The number of H-pyrrole nitrogens is 1. The summed E-state index contributed by atoms with van der Waals surface area (Å²) in [5, 5.41) is 11.9. The number of nitrogens with one attached hydrogen (secondary N) is 3. The van der Waals surface area contributed by atoms with Crippen molar-refractivity contribution in [2.75, 3.05) is 10.0 Å². The molecule has 0 bridgehead atoms. The van der Waals surface area contributed by atoms with E-state index in [2.05, 4.69) is 15.0 Å². The van der Waals surface area contributed by atoms with Crippen molar-refractivity contribution in [3.05, 3.63) is 76.1 Å². The van der Waals surface area contributed by atoms with E-state index in [1.54, 1.807) is 0 Å². The predicted octanol–water partition coefficient (Wildman–Crippen LogP) is 4.12. The molecule has 2 aliphatic rings. The fourth-order valence-electron chi connectivity index (χ4n) is 4.74. The molecule has 5 rings (SSSR count). The first-order chi connectivity index (χ1) is 18.0. The predicted molar refractivity (Wildman–Crippen MR) is 134 cm³/mol. The summed E-state index contributed by atoms with van der Waals surface area (Å²) in [6.45, 7) is 0. The van der Waals surface area contributed by atoms with Gasteiger partial charge in [-0.25, -0.2) is 17.2 Å². The monoisotopic (exact) mass is 541 g/mol. The Morgan fingerprint density at radius 1 is 1.08 bits per heavy atom. The van der Waals surface area contributed by atoms with Crippen LogP contribution in [0.5, 0.6) is 0 Å². The van der Waals surface area contributed by atoms with E-state index in [1.807, 2.05) is 0 Å². The Bertz CT molecular complexity index is 1640. The number of carbonyl (C=O) groups excluding carboxylic acids is 2. The lowest BCUT2D eigenvalue weighted by atomic mass is 9.91. The quantitative estimate of drug-likeness (QED) is 0.331. The van der Waals surface area contributed by atoms with Gasteiger partial charge in [0.15, 0.2) is 5.78 Å². The van der Waals surface area contributed by atoms with Gasteiger partial charge in [-0.1, -0.05) is 0 Å². The normalized spacial score (nSPS) is 15.8. The van der Waals surface area contributed by atoms with Gasteiger partial charge in [0.25, 0.3) is 15.9 Å². The molecule has 0 saturated heterocycles. The molecule has 0 spiro atoms. The maximum atomic E-state index is 13.6. The maximum Gasteiger partial charge on any atom is 0.303 e. The average molecular weight is 542 g/mol. The van der Waals surface area contributed by atoms with E-state index in [0.717, 1.165) is 0 Å². The Balaban J connectivity index is 1.53. The zero-order chi connectivity index (χ0) is 27.2. The minimum Gasteiger partial charge on any atom is -0.481 e. The molecule has 0 atom stereocenters. The van der Waals surface area contributed by atoms with Gasteiger partial charge in [-0.3, -0.25) is 19.1 Å². The first kappa shape index (κ1) is 25.3. The molecular formula is C26H21F2N3O6S. The summed E-state index contributed by atoms with van der Waals surface area (Å²) < 4.78 is 54.9. The number of aromatic nitrogens is 1. The third kappa shape index (κ3) is 4.82. The molecule has 38 heavy (non-hydrogen) atoms. The van der Waals surface area contributed by atoms with Crippen LogP contribution < -0.4 is 10.0 Å². The molecule has 2 heterocycles. The lowest BCUT2D eigenvalue weighted by Gasteiger charge is -2.11. The Morgan fingerprint density at radius 2 is 1.82 bits per heavy atom. The van der Waals surface area contributed by atoms with Crippen LogP contribution in [0, 0.1) is 11.6 Å². The van der Waals surface area contributed by atoms with E-state index in [1.165, 1.54) is 24.3 Å². The highest BCUT2D eigenvalue weighted by molar-refractivity contribution is 7.92. The second-order valence-electron chi connectivity index (χ2n) is 9.02. The molecule has 2 aromatic carbocycles. The highest BCUT2D eigenvalue weighted by atomic mass is 32.2. The van der Waals surface area contributed by atoms with Crippen molar-refractivity contribution < 1.29 is 36.7 Å². The van der Waals surface area contributed by atoms with Gasteiger partial charge in [-0.2, -0.15) is 0 Å². The summed E-state index contributed by atoms with van der Waals surface area (Å²) in [7, 11) is -4.35. The van der Waals surface area contributed by atoms with Gasteiger partial charge in [0.1, 0.15) is 11.6 Å². The number of Topliss-reactive ketones (excluding diaryl/α,β-unsaturated/α-hetero) is 1. The van der Waals surface area contributed by atoms with Crippen LogP contribution in [0.1, 0.15) is 52.1 Å². The Labute approximate surface area is 215 Å². The molecule has 9 nitrogen and oxygen atoms in total. The van der Waals surface area contributed by atoms with E-state index in [-0.39, 0.29) is 29.9 Å². The van der Waals surface area contributed by atoms with Gasteiger partial charge in [0, 0.05) is 52.8 Å². The fraction of sp³-hybridized carbons (Fsp3) is 0.192. The summed E-state index contributed by atoms with van der Waals surface area (Å²) >= 11 is 0. The van der Waals surface area contributed by atoms with Crippen LogP contribution in [0.4, 0.5) is 20.2 Å². The summed E-state index contributed by atoms with van der Waals surface area (Å²) in [5.41, 5.74) is 3.08. The number of carboxylic acids is 1. The standard InChI is InChI=1S/C26H21F2N3O6S/c27-13-8-14(28)10-16(9-13)38(36,37)31-15-4-6-20-18(11-15)19(26(35)30-20)12-22-17(5-7-24(33)34)25-21(29-22)2-1-3-23(25)32/h4,6,8-12,29,31H,1-3,5,7H2,(H,30,35)(H,33,34). The van der Waals surface area contributed by atoms with Crippen molar-refractivity contribution in [1.29, 1.82) is 0 Å². The third-order valence-corrected chi connectivity index (χ3v) is 7.76. The van der Waals surface area contributed by atoms with Crippen LogP contribution in [0.2, 0.25) is 0 Å². The molecule has 1 aromatic heterocycles. The molecule has 196 valence electrons. The molecule has 0 unspecified atom stereocenters. The molecular weight excluding hydrogens is 520 g/mol. The third-order valence-electron chi connectivity index (χ3n) is 6.40. The molecule has 4 N–H and O–H groups in total. The van der Waals surface area contributed by atoms with E-state index in [0.29, 0.717) is 71.2 Å². The molecule has 1 amide bonds. The van der Waals surface area contributed by atoms with E-state index in [4.69, 9.17) is 0 Å². The van der Waals surface area contributed by atoms with Crippen molar-refractivity contribution in [2.24, 2.45) is 0 Å². The van der Waals surface area contributed by atoms with Crippen molar-refractivity contribution in [1.82, 2.24) is 4.98 Å². The highest BCUT2D eigenvalue weighted by Crippen LogP contribution is 2.37. The SMILES string of the molecule is O=C(O)CCc1c(C=C2C(=O)Nc3ccc(NS(=O)(=O)c4cc(F)cc(F)c4)cc32)[nH]c2c1C(=O)CCC2. The number of hydrogen-bond acceptors (Lipinski definition) is 5. The smallest absolute Gasteiger partial charge is 0.303 e. The van der Waals surface area contributed by atoms with Crippen LogP contribution in [0.15, 0.2) is 41.3 Å². The second-order valence-corrected chi connectivity index (χ2v) is 10.7. The van der Waals surface area contributed by atoms with E-state index >= 15 is 0 Å². The van der Waals surface area contributed by atoms with E-state index < -0.39 is 38.4 Å². The van der Waals surface area contributed by atoms with Crippen LogP contribution in [0.25, 0.3) is 11.6 Å². The van der Waals surface area contributed by atoms with Crippen molar-refractivity contribution in [3.63, 3.8) is 0 Å². The van der Waals surface area contributed by atoms with Gasteiger partial charge in [-0.15, -0.1) is 0 Å². The van der Waals surface area contributed by atoms with E-state index in [9.17, 15) is 36.7 Å². The number of carboxylic acid groups (broad SMARTS) is 1. The number of aromatic amines is 1. The lowest BCUT2D eigenvalue weighted by molar-refractivity contribution is -0.137. The number of sulfonamides is 1. The van der Waals surface area contributed by atoms with Crippen LogP contribution in [-0.2, 0) is 32.5 Å². The molecule has 0 radical (unpaired) electrons. The maximum absolute atomic E-state index is 13.6. The number of ketones is 1. The van der Waals surface area contributed by atoms with Gasteiger partial charge in [-0.05, 0) is 61.2 Å². The number of halogens is 2. The molecule has 1 aliphatic carbocycles. The molecule has 12 heteroatoms. The number of aryl methyl sites for hydroxylation is 1. The summed E-state index contributed by atoms with van der Waals surface area (Å²) in [6.07, 6.45) is 3.02. The Hall–Kier alpha value is -4.32. The van der Waals surface area contributed by atoms with Crippen LogP contribution in [0.3, 0.4) is 0 Å². The number of fused-ring (bicyclic) bond motifs is 2. The van der Waals surface area contributed by atoms with Gasteiger partial charge in [0.2, 0.25) is 0 Å². The summed E-state index contributed by atoms with van der Waals surface area (Å²) in [6, 6.07) is 6.19. The van der Waals surface area contributed by atoms with Gasteiger partial charge >= 0.3 is 5.97 Å². The zero-order valence-corrected chi connectivity index (χ0v) is 20.5. The van der Waals surface area contributed by atoms with Gasteiger partial charge < -0.3 is 15.4 Å². The number of benzene rings is 2.